The first kappa shape index (κ1) is 29.1. The van der Waals surface area contributed by atoms with Gasteiger partial charge in [-0.1, -0.05) is 102 Å². The van der Waals surface area contributed by atoms with Crippen LogP contribution >= 0.6 is 0 Å². The number of hydrogen-bond acceptors (Lipinski definition) is 4. The van der Waals surface area contributed by atoms with E-state index in [9.17, 15) is 9.59 Å². The third kappa shape index (κ3) is 11.9. The van der Waals surface area contributed by atoms with E-state index in [1.165, 1.54) is 70.6 Å². The molecule has 2 atom stereocenters. The molecule has 0 heterocycles. The van der Waals surface area contributed by atoms with E-state index in [0.717, 1.165) is 37.5 Å². The van der Waals surface area contributed by atoms with Crippen molar-refractivity contribution in [2.75, 3.05) is 13.2 Å². The molecule has 0 aromatic heterocycles. The molecule has 3 rings (SSSR count). The molecule has 1 aromatic rings. The highest BCUT2D eigenvalue weighted by molar-refractivity contribution is 6.03. The summed E-state index contributed by atoms with van der Waals surface area (Å²) in [7, 11) is 0. The zero-order valence-corrected chi connectivity index (χ0v) is 22.3. The van der Waals surface area contributed by atoms with Gasteiger partial charge in [-0.05, 0) is 56.1 Å². The topological polar surface area (TPSA) is 52.6 Å². The van der Waals surface area contributed by atoms with Gasteiger partial charge in [-0.15, -0.1) is 0 Å². The minimum Gasteiger partial charge on any atom is -0.462 e. The lowest BCUT2D eigenvalue weighted by Crippen LogP contribution is -2.15. The van der Waals surface area contributed by atoms with Crippen LogP contribution in [0.15, 0.2) is 36.4 Å². The summed E-state index contributed by atoms with van der Waals surface area (Å²) in [5.74, 6) is 1.09. The van der Waals surface area contributed by atoms with Crippen molar-refractivity contribution in [2.24, 2.45) is 11.8 Å². The molecule has 4 nitrogen and oxygen atoms in total. The van der Waals surface area contributed by atoms with Gasteiger partial charge >= 0.3 is 11.9 Å². The van der Waals surface area contributed by atoms with Gasteiger partial charge in [0.1, 0.15) is 0 Å². The van der Waals surface area contributed by atoms with Crippen LogP contribution in [0.3, 0.4) is 0 Å². The molecule has 0 saturated heterocycles. The van der Waals surface area contributed by atoms with E-state index in [0.29, 0.717) is 24.3 Å². The van der Waals surface area contributed by atoms with Crippen molar-refractivity contribution in [2.45, 2.75) is 110 Å². The first-order chi connectivity index (χ1) is 17.2. The number of esters is 2. The van der Waals surface area contributed by atoms with Crippen LogP contribution < -0.4 is 0 Å². The molecule has 1 aromatic carbocycles. The van der Waals surface area contributed by atoms with E-state index in [4.69, 9.17) is 9.47 Å². The molecule has 0 N–H and O–H groups in total. The number of fused-ring (bicyclic) bond motifs is 2. The number of benzene rings is 1. The number of ether oxygens (including phenoxy) is 2. The van der Waals surface area contributed by atoms with E-state index in [2.05, 4.69) is 26.0 Å². The lowest BCUT2D eigenvalue weighted by Gasteiger charge is -2.10. The van der Waals surface area contributed by atoms with Gasteiger partial charge in [-0.25, -0.2) is 9.59 Å². The zero-order valence-electron chi connectivity index (χ0n) is 22.3. The monoisotopic (exact) mass is 484 g/mol. The third-order valence-electron chi connectivity index (χ3n) is 7.00. The molecule has 2 aliphatic carbocycles. The van der Waals surface area contributed by atoms with Crippen LogP contribution in [0.4, 0.5) is 0 Å². The average Bonchev–Trinajstić information content (AvgIpc) is 3.54. The number of unbranched alkanes of at least 4 members (excludes halogenated alkanes) is 10. The maximum absolute atomic E-state index is 12.4. The molecule has 2 aliphatic rings. The summed E-state index contributed by atoms with van der Waals surface area (Å²) >= 11 is 0. The maximum Gasteiger partial charge on any atom is 0.339 e. The van der Waals surface area contributed by atoms with Crippen LogP contribution in [0.5, 0.6) is 0 Å². The van der Waals surface area contributed by atoms with Crippen molar-refractivity contribution in [1.82, 2.24) is 0 Å². The van der Waals surface area contributed by atoms with Gasteiger partial charge in [-0.3, -0.25) is 0 Å². The van der Waals surface area contributed by atoms with Crippen molar-refractivity contribution >= 4 is 11.9 Å². The molecule has 1 saturated carbocycles. The molecule has 0 radical (unpaired) electrons. The van der Waals surface area contributed by atoms with Crippen molar-refractivity contribution in [3.05, 3.63) is 47.5 Å². The largest absolute Gasteiger partial charge is 0.462 e. The lowest BCUT2D eigenvalue weighted by molar-refractivity contribution is 0.0450. The number of carbonyl (C=O) groups is 2. The van der Waals surface area contributed by atoms with Crippen molar-refractivity contribution < 1.29 is 19.1 Å². The second-order valence-electron chi connectivity index (χ2n) is 10.1. The highest BCUT2D eigenvalue weighted by Crippen LogP contribution is 2.38. The first-order valence-electron chi connectivity index (χ1n) is 14.3. The van der Waals surface area contributed by atoms with Crippen LogP contribution in [-0.4, -0.2) is 25.2 Å². The van der Waals surface area contributed by atoms with Crippen LogP contribution in [0.1, 0.15) is 131 Å². The summed E-state index contributed by atoms with van der Waals surface area (Å²) in [4.78, 5) is 24.7. The molecule has 0 aliphatic heterocycles. The first-order valence-corrected chi connectivity index (χ1v) is 14.3. The Morgan fingerprint density at radius 2 is 1.06 bits per heavy atom. The Bertz CT molecular complexity index is 693. The molecule has 2 unspecified atom stereocenters. The van der Waals surface area contributed by atoms with Gasteiger partial charge in [-0.2, -0.15) is 0 Å². The van der Waals surface area contributed by atoms with Crippen LogP contribution in [0.2, 0.25) is 0 Å². The molecule has 2 bridgehead atoms. The highest BCUT2D eigenvalue weighted by Gasteiger charge is 2.25. The Morgan fingerprint density at radius 3 is 1.40 bits per heavy atom. The van der Waals surface area contributed by atoms with Gasteiger partial charge < -0.3 is 9.47 Å². The molecule has 35 heavy (non-hydrogen) atoms. The molecule has 4 heteroatoms. The number of rotatable bonds is 16. The second kappa shape index (κ2) is 18.2. The highest BCUT2D eigenvalue weighted by atomic mass is 16.5. The molecular weight excluding hydrogens is 436 g/mol. The van der Waals surface area contributed by atoms with Gasteiger partial charge in [0, 0.05) is 0 Å². The predicted molar refractivity (Wildman–Crippen MR) is 144 cm³/mol. The van der Waals surface area contributed by atoms with E-state index >= 15 is 0 Å². The normalized spacial score (nSPS) is 17.7. The van der Waals surface area contributed by atoms with Crippen LogP contribution in [0.25, 0.3) is 0 Å². The molecule has 1 fully saturated rings. The summed E-state index contributed by atoms with van der Waals surface area (Å²) < 4.78 is 10.7. The number of hydrogen-bond donors (Lipinski definition) is 0. The predicted octanol–water partition coefficient (Wildman–Crippen LogP) is 8.69. The van der Waals surface area contributed by atoms with Crippen LogP contribution in [-0.2, 0) is 9.47 Å². The Morgan fingerprint density at radius 1 is 0.657 bits per heavy atom. The van der Waals surface area contributed by atoms with Crippen molar-refractivity contribution in [3.63, 3.8) is 0 Å². The Balaban J connectivity index is 0.000000514. The summed E-state index contributed by atoms with van der Waals surface area (Å²) in [6.07, 6.45) is 22.8. The smallest absolute Gasteiger partial charge is 0.339 e. The van der Waals surface area contributed by atoms with E-state index in [-0.39, 0.29) is 0 Å². The fourth-order valence-corrected chi connectivity index (χ4v) is 4.81. The fraction of sp³-hybridized carbons (Fsp3) is 0.677. The summed E-state index contributed by atoms with van der Waals surface area (Å²) in [5.41, 5.74) is 0.586. The maximum atomic E-state index is 12.4. The molecule has 0 spiro atoms. The van der Waals surface area contributed by atoms with Gasteiger partial charge in [0.25, 0.3) is 0 Å². The van der Waals surface area contributed by atoms with Gasteiger partial charge in [0.2, 0.25) is 0 Å². The quantitative estimate of drug-likeness (QED) is 0.134. The second-order valence-corrected chi connectivity index (χ2v) is 10.1. The number of carbonyl (C=O) groups excluding carboxylic acids is 2. The lowest BCUT2D eigenvalue weighted by atomic mass is 10.1. The van der Waals surface area contributed by atoms with Crippen molar-refractivity contribution in [1.29, 1.82) is 0 Å². The average molecular weight is 485 g/mol. The summed E-state index contributed by atoms with van der Waals surface area (Å²) in [6.45, 7) is 5.17. The molecule has 196 valence electrons. The minimum atomic E-state index is -0.444. The standard InChI is InChI=1S/C24H38O4.C7H10/c1-3-5-7-9-11-15-19-27-23(25)21-17-13-14-18-22(21)24(26)28-20-16-12-10-8-6-4-2;1-2-7-4-3-6(1)5-7/h13-14,17-18H,3-12,15-16,19-20H2,1-2H3;1-2,6-7H,3-5H2. The minimum absolute atomic E-state index is 0.293. The van der Waals surface area contributed by atoms with Crippen molar-refractivity contribution in [3.8, 4) is 0 Å². The molecular formula is C31H48O4. The summed E-state index contributed by atoms with van der Waals surface area (Å²) in [5, 5.41) is 0. The third-order valence-corrected chi connectivity index (χ3v) is 7.00. The van der Waals surface area contributed by atoms with E-state index in [1.807, 2.05) is 0 Å². The Kier molecular flexibility index (Phi) is 15.2. The zero-order chi connectivity index (χ0) is 25.1. The fourth-order valence-electron chi connectivity index (χ4n) is 4.81. The Hall–Kier alpha value is -2.10. The molecule has 0 amide bonds. The van der Waals surface area contributed by atoms with Crippen LogP contribution in [0, 0.1) is 11.8 Å². The van der Waals surface area contributed by atoms with Gasteiger partial charge in [0.05, 0.1) is 24.3 Å². The Labute approximate surface area is 213 Å². The SMILES string of the molecule is C1=CC2CCC1C2.CCCCCCCCOC(=O)c1ccccc1C(=O)OCCCCCCCC. The van der Waals surface area contributed by atoms with E-state index in [1.54, 1.807) is 24.3 Å². The number of allylic oxidation sites excluding steroid dienone is 2. The summed E-state index contributed by atoms with van der Waals surface area (Å²) in [6, 6.07) is 6.74. The van der Waals surface area contributed by atoms with Gasteiger partial charge in [0.15, 0.2) is 0 Å². The van der Waals surface area contributed by atoms with E-state index < -0.39 is 11.9 Å².